The molecule has 1 atom stereocenters. The number of carbonyl (C=O) groups excluding carboxylic acids is 1. The van der Waals surface area contributed by atoms with E-state index in [2.05, 4.69) is 21.2 Å². The Morgan fingerprint density at radius 2 is 2.22 bits per heavy atom. The van der Waals surface area contributed by atoms with Gasteiger partial charge in [0, 0.05) is 22.8 Å². The van der Waals surface area contributed by atoms with Crippen LogP contribution in [0.25, 0.3) is 0 Å². The number of hydrogen-bond acceptors (Lipinski definition) is 4. The summed E-state index contributed by atoms with van der Waals surface area (Å²) in [6.07, 6.45) is 0. The van der Waals surface area contributed by atoms with Crippen molar-refractivity contribution < 1.29 is 19.4 Å². The Morgan fingerprint density at radius 1 is 1.56 bits per heavy atom. The number of carboxylic acid groups (broad SMARTS) is 1. The van der Waals surface area contributed by atoms with Gasteiger partial charge in [-0.3, -0.25) is 4.79 Å². The van der Waals surface area contributed by atoms with E-state index in [0.29, 0.717) is 15.7 Å². The second-order valence-electron chi connectivity index (χ2n) is 3.55. The van der Waals surface area contributed by atoms with Crippen molar-refractivity contribution in [1.29, 1.82) is 0 Å². The smallest absolute Gasteiger partial charge is 0.328 e. The zero-order valence-corrected chi connectivity index (χ0v) is 11.2. The maximum atomic E-state index is 11.0. The van der Waals surface area contributed by atoms with Gasteiger partial charge < -0.3 is 20.9 Å². The number of ether oxygens (including phenoxy) is 1. The molecule has 0 bridgehead atoms. The van der Waals surface area contributed by atoms with E-state index < -0.39 is 17.9 Å². The molecule has 0 aliphatic carbocycles. The van der Waals surface area contributed by atoms with Gasteiger partial charge in [0.2, 0.25) is 5.91 Å². The predicted molar refractivity (Wildman–Crippen MR) is 69.6 cm³/mol. The highest BCUT2D eigenvalue weighted by atomic mass is 79.9. The molecule has 6 nitrogen and oxygen atoms in total. The number of rotatable bonds is 6. The first-order valence-electron chi connectivity index (χ1n) is 5.03. The van der Waals surface area contributed by atoms with E-state index in [1.165, 1.54) is 19.2 Å². The van der Waals surface area contributed by atoms with Crippen molar-refractivity contribution in [2.75, 3.05) is 19.0 Å². The first-order valence-corrected chi connectivity index (χ1v) is 5.82. The molecule has 0 aromatic heterocycles. The number of aliphatic carboxylic acids is 1. The number of primary amides is 1. The van der Waals surface area contributed by atoms with Gasteiger partial charge in [-0.15, -0.1) is 0 Å². The number of nitrogens with one attached hydrogen (secondary N) is 1. The number of anilines is 1. The molecule has 1 amide bonds. The standard InChI is InChI=1S/C11H13BrN2O4/c1-18-5-9(11(16)17)14-8-3-2-6(10(13)15)4-7(8)12/h2-4,9,14H,5H2,1H3,(H2,13,15)(H,16,17). The fourth-order valence-corrected chi connectivity index (χ4v) is 1.81. The monoisotopic (exact) mass is 316 g/mol. The highest BCUT2D eigenvalue weighted by molar-refractivity contribution is 9.10. The topological polar surface area (TPSA) is 102 Å². The summed E-state index contributed by atoms with van der Waals surface area (Å²) in [7, 11) is 1.42. The average molecular weight is 317 g/mol. The normalized spacial score (nSPS) is 11.9. The van der Waals surface area contributed by atoms with Crippen molar-refractivity contribution in [3.8, 4) is 0 Å². The van der Waals surface area contributed by atoms with Gasteiger partial charge in [0.05, 0.1) is 6.61 Å². The van der Waals surface area contributed by atoms with Gasteiger partial charge in [0.15, 0.2) is 0 Å². The lowest BCUT2D eigenvalue weighted by molar-refractivity contribution is -0.139. The summed E-state index contributed by atoms with van der Waals surface area (Å²) in [5.74, 6) is -1.57. The number of nitrogens with two attached hydrogens (primary N) is 1. The molecule has 0 saturated carbocycles. The summed E-state index contributed by atoms with van der Waals surface area (Å²) in [6, 6.07) is 3.75. The van der Waals surface area contributed by atoms with Gasteiger partial charge in [-0.05, 0) is 34.1 Å². The van der Waals surface area contributed by atoms with Crippen LogP contribution in [0, 0.1) is 0 Å². The molecule has 98 valence electrons. The lowest BCUT2D eigenvalue weighted by Gasteiger charge is -2.16. The van der Waals surface area contributed by atoms with Crippen LogP contribution in [-0.4, -0.2) is 36.7 Å². The second-order valence-corrected chi connectivity index (χ2v) is 4.40. The SMILES string of the molecule is COCC(Nc1ccc(C(N)=O)cc1Br)C(=O)O. The van der Waals surface area contributed by atoms with E-state index in [0.717, 1.165) is 0 Å². The zero-order valence-electron chi connectivity index (χ0n) is 9.64. The predicted octanol–water partition coefficient (Wildman–Crippen LogP) is 1.06. The van der Waals surface area contributed by atoms with Crippen molar-refractivity contribution in [1.82, 2.24) is 0 Å². The molecule has 1 aromatic carbocycles. The molecular formula is C11H13BrN2O4. The molecule has 0 aliphatic rings. The van der Waals surface area contributed by atoms with Crippen LogP contribution >= 0.6 is 15.9 Å². The molecule has 0 saturated heterocycles. The Labute approximate surface area is 112 Å². The second kappa shape index (κ2) is 6.36. The molecule has 4 N–H and O–H groups in total. The minimum Gasteiger partial charge on any atom is -0.480 e. The van der Waals surface area contributed by atoms with Crippen molar-refractivity contribution in [3.63, 3.8) is 0 Å². The molecule has 0 aliphatic heterocycles. The number of carboxylic acids is 1. The molecule has 1 aromatic rings. The third-order valence-corrected chi connectivity index (χ3v) is 2.87. The fraction of sp³-hybridized carbons (Fsp3) is 0.273. The van der Waals surface area contributed by atoms with Crippen LogP contribution in [0.2, 0.25) is 0 Å². The quantitative estimate of drug-likeness (QED) is 0.728. The van der Waals surface area contributed by atoms with E-state index in [-0.39, 0.29) is 6.61 Å². The van der Waals surface area contributed by atoms with Crippen LogP contribution < -0.4 is 11.1 Å². The molecule has 0 spiro atoms. The van der Waals surface area contributed by atoms with Gasteiger partial charge >= 0.3 is 5.97 Å². The van der Waals surface area contributed by atoms with Crippen molar-refractivity contribution in [2.24, 2.45) is 5.73 Å². The molecule has 7 heteroatoms. The molecule has 18 heavy (non-hydrogen) atoms. The largest absolute Gasteiger partial charge is 0.480 e. The van der Waals surface area contributed by atoms with E-state index in [9.17, 15) is 9.59 Å². The summed E-state index contributed by atoms with van der Waals surface area (Å²) in [4.78, 5) is 21.9. The van der Waals surface area contributed by atoms with Gasteiger partial charge in [-0.25, -0.2) is 4.79 Å². The molecule has 0 radical (unpaired) electrons. The van der Waals surface area contributed by atoms with Crippen LogP contribution in [0.4, 0.5) is 5.69 Å². The number of methoxy groups -OCH3 is 1. The van der Waals surface area contributed by atoms with E-state index in [1.54, 1.807) is 6.07 Å². The van der Waals surface area contributed by atoms with Gasteiger partial charge in [-0.1, -0.05) is 0 Å². The number of benzene rings is 1. The maximum Gasteiger partial charge on any atom is 0.328 e. The first-order chi connectivity index (χ1) is 8.45. The zero-order chi connectivity index (χ0) is 13.7. The number of carbonyl (C=O) groups is 2. The lowest BCUT2D eigenvalue weighted by atomic mass is 10.2. The first kappa shape index (κ1) is 14.5. The molecule has 0 fully saturated rings. The number of amides is 1. The van der Waals surface area contributed by atoms with E-state index in [4.69, 9.17) is 15.6 Å². The summed E-state index contributed by atoms with van der Waals surface area (Å²) < 4.78 is 5.36. The highest BCUT2D eigenvalue weighted by Gasteiger charge is 2.18. The van der Waals surface area contributed by atoms with Crippen LogP contribution in [0.1, 0.15) is 10.4 Å². The Bertz CT molecular complexity index is 464. The number of halogens is 1. The lowest BCUT2D eigenvalue weighted by Crippen LogP contribution is -2.33. The van der Waals surface area contributed by atoms with Crippen LogP contribution in [-0.2, 0) is 9.53 Å². The third-order valence-electron chi connectivity index (χ3n) is 2.21. The summed E-state index contributed by atoms with van der Waals surface area (Å²) >= 11 is 3.24. The van der Waals surface area contributed by atoms with E-state index >= 15 is 0 Å². The van der Waals surface area contributed by atoms with Crippen LogP contribution in [0.3, 0.4) is 0 Å². The Hall–Kier alpha value is -1.60. The van der Waals surface area contributed by atoms with Crippen LogP contribution in [0.15, 0.2) is 22.7 Å². The summed E-state index contributed by atoms with van der Waals surface area (Å²) in [5.41, 5.74) is 6.02. The average Bonchev–Trinajstić information content (AvgIpc) is 2.30. The van der Waals surface area contributed by atoms with E-state index in [1.807, 2.05) is 0 Å². The van der Waals surface area contributed by atoms with Crippen LogP contribution in [0.5, 0.6) is 0 Å². The van der Waals surface area contributed by atoms with Crippen molar-refractivity contribution in [3.05, 3.63) is 28.2 Å². The molecule has 1 rings (SSSR count). The fourth-order valence-electron chi connectivity index (χ4n) is 1.31. The Morgan fingerprint density at radius 3 is 2.67 bits per heavy atom. The molecule has 1 unspecified atom stereocenters. The Balaban J connectivity index is 2.90. The summed E-state index contributed by atoms with van der Waals surface area (Å²) in [5, 5.41) is 11.8. The van der Waals surface area contributed by atoms with Gasteiger partial charge in [-0.2, -0.15) is 0 Å². The minimum absolute atomic E-state index is 0.0271. The van der Waals surface area contributed by atoms with Crippen molar-refractivity contribution in [2.45, 2.75) is 6.04 Å². The maximum absolute atomic E-state index is 11.0. The minimum atomic E-state index is -1.03. The van der Waals surface area contributed by atoms with Gasteiger partial charge in [0.25, 0.3) is 0 Å². The Kier molecular flexibility index (Phi) is 5.11. The van der Waals surface area contributed by atoms with Crippen molar-refractivity contribution >= 4 is 33.5 Å². The molecular weight excluding hydrogens is 304 g/mol. The molecule has 0 heterocycles. The summed E-state index contributed by atoms with van der Waals surface area (Å²) in [6.45, 7) is 0.0271. The highest BCUT2D eigenvalue weighted by Crippen LogP contribution is 2.24. The third kappa shape index (κ3) is 3.71. The van der Waals surface area contributed by atoms with Gasteiger partial charge in [0.1, 0.15) is 6.04 Å². The number of hydrogen-bond donors (Lipinski definition) is 3.